The Morgan fingerprint density at radius 2 is 1.02 bits per heavy atom. The molecule has 8 aromatic rings. The van der Waals surface area contributed by atoms with Gasteiger partial charge in [0.2, 0.25) is 0 Å². The van der Waals surface area contributed by atoms with Crippen LogP contribution in [0.5, 0.6) is 0 Å². The second-order valence-electron chi connectivity index (χ2n) is 15.5. The third-order valence-corrected chi connectivity index (χ3v) is 11.9. The summed E-state index contributed by atoms with van der Waals surface area (Å²) in [5.41, 5.74) is 22.7. The van der Waals surface area contributed by atoms with Crippen LogP contribution in [0.2, 0.25) is 0 Å². The van der Waals surface area contributed by atoms with E-state index in [9.17, 15) is 0 Å². The molecule has 0 bridgehead atoms. The molecule has 0 unspecified atom stereocenters. The van der Waals surface area contributed by atoms with E-state index in [-0.39, 0.29) is 5.41 Å². The quantitative estimate of drug-likeness (QED) is 0.159. The van der Waals surface area contributed by atoms with Crippen LogP contribution in [0.25, 0.3) is 67.3 Å². The van der Waals surface area contributed by atoms with Crippen molar-refractivity contribution >= 4 is 28.7 Å². The maximum atomic E-state index is 4.47. The van der Waals surface area contributed by atoms with Crippen LogP contribution in [0.1, 0.15) is 41.7 Å². The SMILES string of the molecule is C=Cc1cc(-c2cccc(-c3cccc(N(c4ccc(-c5ccccc5)cc4)c4cccc5c4-c4ccccc4C5(C)C)c3)c2)cc2c1C(=C)c1ccccc1-2. The number of anilines is 3. The molecular formula is C55H41N. The lowest BCUT2D eigenvalue weighted by Crippen LogP contribution is -2.16. The third kappa shape index (κ3) is 5.31. The first kappa shape index (κ1) is 33.6. The molecule has 0 N–H and O–H groups in total. The summed E-state index contributed by atoms with van der Waals surface area (Å²) in [5.74, 6) is 0. The van der Waals surface area contributed by atoms with Crippen molar-refractivity contribution < 1.29 is 0 Å². The molecule has 8 aromatic carbocycles. The number of hydrogen-bond acceptors (Lipinski definition) is 1. The number of hydrogen-bond donors (Lipinski definition) is 0. The molecule has 0 atom stereocenters. The maximum absolute atomic E-state index is 4.47. The van der Waals surface area contributed by atoms with Gasteiger partial charge in [0, 0.05) is 22.4 Å². The predicted molar refractivity (Wildman–Crippen MR) is 239 cm³/mol. The summed E-state index contributed by atoms with van der Waals surface area (Å²) in [6, 6.07) is 66.4. The molecule has 0 amide bonds. The van der Waals surface area contributed by atoms with Gasteiger partial charge in [-0.3, -0.25) is 0 Å². The van der Waals surface area contributed by atoms with Gasteiger partial charge in [-0.05, 0) is 132 Å². The van der Waals surface area contributed by atoms with E-state index in [0.29, 0.717) is 0 Å². The molecule has 266 valence electrons. The molecule has 2 aliphatic rings. The lowest BCUT2D eigenvalue weighted by atomic mass is 9.82. The molecule has 2 aliphatic carbocycles. The average molecular weight is 716 g/mol. The molecule has 56 heavy (non-hydrogen) atoms. The fourth-order valence-electron chi connectivity index (χ4n) is 9.14. The first-order valence-electron chi connectivity index (χ1n) is 19.4. The minimum atomic E-state index is -0.106. The van der Waals surface area contributed by atoms with Crippen LogP contribution in [0.15, 0.2) is 195 Å². The van der Waals surface area contributed by atoms with Crippen molar-refractivity contribution in [2.45, 2.75) is 19.3 Å². The Kier molecular flexibility index (Phi) is 7.87. The highest BCUT2D eigenvalue weighted by atomic mass is 15.1. The van der Waals surface area contributed by atoms with Crippen molar-refractivity contribution in [1.29, 1.82) is 0 Å². The van der Waals surface area contributed by atoms with Crippen LogP contribution in [-0.2, 0) is 5.41 Å². The largest absolute Gasteiger partial charge is 0.310 e. The van der Waals surface area contributed by atoms with Gasteiger partial charge < -0.3 is 4.90 Å². The normalized spacial score (nSPS) is 13.1. The van der Waals surface area contributed by atoms with Gasteiger partial charge in [-0.25, -0.2) is 0 Å². The Bertz CT molecular complexity index is 2850. The predicted octanol–water partition coefficient (Wildman–Crippen LogP) is 15.1. The van der Waals surface area contributed by atoms with Gasteiger partial charge in [-0.2, -0.15) is 0 Å². The van der Waals surface area contributed by atoms with Gasteiger partial charge in [0.05, 0.1) is 5.69 Å². The minimum Gasteiger partial charge on any atom is -0.310 e. The Morgan fingerprint density at radius 3 is 1.79 bits per heavy atom. The van der Waals surface area contributed by atoms with Gasteiger partial charge >= 0.3 is 0 Å². The second kappa shape index (κ2) is 13.1. The fourth-order valence-corrected chi connectivity index (χ4v) is 9.14. The first-order chi connectivity index (χ1) is 27.4. The molecule has 1 heteroatoms. The molecule has 0 fully saturated rings. The highest BCUT2D eigenvalue weighted by Crippen LogP contribution is 2.54. The second-order valence-corrected chi connectivity index (χ2v) is 15.5. The molecule has 10 rings (SSSR count). The molecule has 1 nitrogen and oxygen atoms in total. The zero-order valence-corrected chi connectivity index (χ0v) is 31.8. The van der Waals surface area contributed by atoms with Crippen LogP contribution in [-0.4, -0.2) is 0 Å². The Balaban J connectivity index is 1.10. The fraction of sp³-hybridized carbons (Fsp3) is 0.0545. The van der Waals surface area contributed by atoms with Crippen molar-refractivity contribution in [1.82, 2.24) is 0 Å². The zero-order valence-electron chi connectivity index (χ0n) is 31.8. The summed E-state index contributed by atoms with van der Waals surface area (Å²) in [4.78, 5) is 2.44. The van der Waals surface area contributed by atoms with Gasteiger partial charge in [-0.15, -0.1) is 0 Å². The van der Waals surface area contributed by atoms with Crippen LogP contribution in [0, 0.1) is 0 Å². The summed E-state index contributed by atoms with van der Waals surface area (Å²) >= 11 is 0. The van der Waals surface area contributed by atoms with Gasteiger partial charge in [0.25, 0.3) is 0 Å². The van der Waals surface area contributed by atoms with E-state index in [2.05, 4.69) is 214 Å². The van der Waals surface area contributed by atoms with E-state index in [1.54, 1.807) is 0 Å². The van der Waals surface area contributed by atoms with Crippen molar-refractivity contribution in [3.05, 3.63) is 223 Å². The van der Waals surface area contributed by atoms with Gasteiger partial charge in [-0.1, -0.05) is 167 Å². The first-order valence-corrected chi connectivity index (χ1v) is 19.4. The molecule has 0 saturated heterocycles. The lowest BCUT2D eigenvalue weighted by Gasteiger charge is -2.29. The maximum Gasteiger partial charge on any atom is 0.0543 e. The van der Waals surface area contributed by atoms with E-state index in [1.807, 2.05) is 6.08 Å². The van der Waals surface area contributed by atoms with Crippen molar-refractivity contribution in [3.63, 3.8) is 0 Å². The van der Waals surface area contributed by atoms with E-state index in [0.717, 1.165) is 28.1 Å². The zero-order chi connectivity index (χ0) is 38.0. The lowest BCUT2D eigenvalue weighted by molar-refractivity contribution is 0.660. The topological polar surface area (TPSA) is 3.24 Å². The van der Waals surface area contributed by atoms with Crippen LogP contribution in [0.4, 0.5) is 17.1 Å². The molecular weight excluding hydrogens is 675 g/mol. The number of fused-ring (bicyclic) bond motifs is 6. The Morgan fingerprint density at radius 1 is 0.429 bits per heavy atom. The minimum absolute atomic E-state index is 0.106. The van der Waals surface area contributed by atoms with E-state index in [1.165, 1.54) is 78.0 Å². The molecule has 0 aliphatic heterocycles. The summed E-state index contributed by atoms with van der Waals surface area (Å²) < 4.78 is 0. The smallest absolute Gasteiger partial charge is 0.0543 e. The summed E-state index contributed by atoms with van der Waals surface area (Å²) in [7, 11) is 0. The third-order valence-electron chi connectivity index (χ3n) is 11.9. The number of nitrogens with zero attached hydrogens (tertiary/aromatic N) is 1. The van der Waals surface area contributed by atoms with Gasteiger partial charge in [0.1, 0.15) is 0 Å². The number of benzene rings is 8. The number of rotatable bonds is 7. The van der Waals surface area contributed by atoms with Crippen molar-refractivity contribution in [3.8, 4) is 55.6 Å². The van der Waals surface area contributed by atoms with Crippen LogP contribution >= 0.6 is 0 Å². The van der Waals surface area contributed by atoms with E-state index >= 15 is 0 Å². The Hall–Kier alpha value is -6.96. The average Bonchev–Trinajstić information content (AvgIpc) is 3.68. The van der Waals surface area contributed by atoms with E-state index in [4.69, 9.17) is 0 Å². The summed E-state index contributed by atoms with van der Waals surface area (Å²) in [5, 5.41) is 0. The Labute approximate surface area is 330 Å². The highest BCUT2D eigenvalue weighted by molar-refractivity contribution is 6.04. The van der Waals surface area contributed by atoms with Crippen LogP contribution < -0.4 is 4.90 Å². The summed E-state index contributed by atoms with van der Waals surface area (Å²) in [6.07, 6.45) is 1.97. The monoisotopic (exact) mass is 715 g/mol. The summed E-state index contributed by atoms with van der Waals surface area (Å²) in [6.45, 7) is 13.4. The molecule has 0 spiro atoms. The molecule has 0 aromatic heterocycles. The highest BCUT2D eigenvalue weighted by Gasteiger charge is 2.37. The van der Waals surface area contributed by atoms with Gasteiger partial charge in [0.15, 0.2) is 0 Å². The van der Waals surface area contributed by atoms with Crippen LogP contribution in [0.3, 0.4) is 0 Å². The van der Waals surface area contributed by atoms with Crippen molar-refractivity contribution in [2.75, 3.05) is 4.90 Å². The molecule has 0 heterocycles. The standard InChI is InChI=1S/C55H41N/c1-5-37-32-43(35-49-47-23-10-9-22-46(47)36(2)53(37)49)41-19-13-18-40(33-41)42-20-14-21-45(34-42)56(44-30-28-39(29-31-44)38-16-7-6-8-17-38)52-27-15-26-51-54(52)48-24-11-12-25-50(48)55(51,3)4/h5-35H,1-2H2,3-4H3. The molecule has 0 radical (unpaired) electrons. The van der Waals surface area contributed by atoms with E-state index < -0.39 is 0 Å². The molecule has 0 saturated carbocycles. The van der Waals surface area contributed by atoms with Crippen molar-refractivity contribution in [2.24, 2.45) is 0 Å².